The molecule has 0 spiro atoms. The van der Waals surface area contributed by atoms with Crippen LogP contribution in [-0.2, 0) is 21.5 Å². The smallest absolute Gasteiger partial charge is 0.261 e. The zero-order valence-electron chi connectivity index (χ0n) is 18.4. The van der Waals surface area contributed by atoms with E-state index in [1.807, 2.05) is 31.2 Å². The summed E-state index contributed by atoms with van der Waals surface area (Å²) in [6.07, 6.45) is 0.450. The van der Waals surface area contributed by atoms with Crippen LogP contribution >= 0.6 is 0 Å². The molecule has 0 saturated heterocycles. The van der Waals surface area contributed by atoms with Gasteiger partial charge < -0.3 is 15.0 Å². The number of carbonyl (C=O) groups is 2. The predicted molar refractivity (Wildman–Crippen MR) is 116 cm³/mol. The van der Waals surface area contributed by atoms with Gasteiger partial charge in [0.25, 0.3) is 5.91 Å². The molecule has 0 aliphatic carbocycles. The fourth-order valence-electron chi connectivity index (χ4n) is 3.31. The molecule has 5 nitrogen and oxygen atoms in total. The quantitative estimate of drug-likeness (QED) is 0.709. The first-order valence-electron chi connectivity index (χ1n) is 10.1. The lowest BCUT2D eigenvalue weighted by atomic mass is 9.86. The molecule has 0 bridgehead atoms. The first-order chi connectivity index (χ1) is 14.2. The van der Waals surface area contributed by atoms with E-state index in [4.69, 9.17) is 4.74 Å². The van der Waals surface area contributed by atoms with Crippen molar-refractivity contribution < 1.29 is 18.7 Å². The molecule has 2 aromatic rings. The molecule has 1 atom stereocenters. The van der Waals surface area contributed by atoms with Crippen molar-refractivity contribution in [2.24, 2.45) is 0 Å². The lowest BCUT2D eigenvalue weighted by Crippen LogP contribution is -2.49. The van der Waals surface area contributed by atoms with Crippen LogP contribution in [0.15, 0.2) is 48.5 Å². The van der Waals surface area contributed by atoms with E-state index in [0.29, 0.717) is 12.2 Å². The molecule has 0 radical (unpaired) electrons. The van der Waals surface area contributed by atoms with E-state index in [1.165, 1.54) is 17.0 Å². The molecule has 1 N–H and O–H groups in total. The number of nitrogens with one attached hydrogen (secondary N) is 1. The summed E-state index contributed by atoms with van der Waals surface area (Å²) in [6, 6.07) is 12.9. The third-order valence-corrected chi connectivity index (χ3v) is 4.94. The number of hydrogen-bond acceptors (Lipinski definition) is 3. The zero-order chi connectivity index (χ0) is 22.3. The summed E-state index contributed by atoms with van der Waals surface area (Å²) in [7, 11) is 1.54. The van der Waals surface area contributed by atoms with Crippen molar-refractivity contribution in [3.63, 3.8) is 0 Å². The first kappa shape index (κ1) is 23.4. The van der Waals surface area contributed by atoms with Crippen LogP contribution in [0.3, 0.4) is 0 Å². The maximum Gasteiger partial charge on any atom is 0.261 e. The van der Waals surface area contributed by atoms with Gasteiger partial charge >= 0.3 is 0 Å². The number of hydrogen-bond donors (Lipinski definition) is 1. The number of nitrogens with zero attached hydrogens (tertiary/aromatic N) is 1. The number of carbonyl (C=O) groups excluding carboxylic acids is 2. The summed E-state index contributed by atoms with van der Waals surface area (Å²) in [5, 5.41) is 2.62. The number of halogens is 1. The van der Waals surface area contributed by atoms with Gasteiger partial charge in [-0.15, -0.1) is 0 Å². The molecule has 2 rings (SSSR count). The summed E-state index contributed by atoms with van der Waals surface area (Å²) < 4.78 is 19.2. The Morgan fingerprint density at radius 2 is 1.73 bits per heavy atom. The monoisotopic (exact) mass is 414 g/mol. The van der Waals surface area contributed by atoms with E-state index >= 15 is 0 Å². The van der Waals surface area contributed by atoms with Gasteiger partial charge in [-0.2, -0.15) is 0 Å². The Bertz CT molecular complexity index is 859. The molecular formula is C24H31FN2O3. The van der Waals surface area contributed by atoms with Gasteiger partial charge in [0.15, 0.2) is 6.61 Å². The molecule has 6 heteroatoms. The molecule has 162 valence electrons. The molecule has 0 aliphatic heterocycles. The fourth-order valence-corrected chi connectivity index (χ4v) is 3.31. The second-order valence-corrected chi connectivity index (χ2v) is 8.22. The summed E-state index contributed by atoms with van der Waals surface area (Å²) in [5.74, 6) is -0.258. The topological polar surface area (TPSA) is 58.6 Å². The van der Waals surface area contributed by atoms with Crippen LogP contribution in [0.25, 0.3) is 0 Å². The molecule has 0 saturated carbocycles. The predicted octanol–water partition coefficient (Wildman–Crippen LogP) is 4.06. The Labute approximate surface area is 178 Å². The molecule has 2 amide bonds. The van der Waals surface area contributed by atoms with Crippen molar-refractivity contribution in [2.45, 2.75) is 52.1 Å². The van der Waals surface area contributed by atoms with Gasteiger partial charge in [0.05, 0.1) is 0 Å². The van der Waals surface area contributed by atoms with Crippen LogP contribution < -0.4 is 10.1 Å². The average molecular weight is 415 g/mol. The maximum absolute atomic E-state index is 13.3. The van der Waals surface area contributed by atoms with Crippen molar-refractivity contribution in [3.05, 3.63) is 65.5 Å². The molecule has 30 heavy (non-hydrogen) atoms. The Morgan fingerprint density at radius 3 is 2.30 bits per heavy atom. The molecular weight excluding hydrogens is 383 g/mol. The van der Waals surface area contributed by atoms with Gasteiger partial charge in [-0.05, 0) is 41.2 Å². The number of likely N-dealkylation sites (N-methyl/N-ethyl adjacent to an activating group) is 1. The first-order valence-corrected chi connectivity index (χ1v) is 10.1. The van der Waals surface area contributed by atoms with Gasteiger partial charge in [-0.25, -0.2) is 4.39 Å². The van der Waals surface area contributed by atoms with Crippen molar-refractivity contribution >= 4 is 11.8 Å². The molecule has 0 unspecified atom stereocenters. The van der Waals surface area contributed by atoms with E-state index in [0.717, 1.165) is 11.1 Å². The van der Waals surface area contributed by atoms with Gasteiger partial charge in [0.2, 0.25) is 5.91 Å². The van der Waals surface area contributed by atoms with Gasteiger partial charge in [-0.1, -0.05) is 58.0 Å². The van der Waals surface area contributed by atoms with E-state index in [1.54, 1.807) is 19.2 Å². The third-order valence-electron chi connectivity index (χ3n) is 4.94. The van der Waals surface area contributed by atoms with E-state index in [2.05, 4.69) is 26.1 Å². The Hall–Kier alpha value is -2.89. The highest BCUT2D eigenvalue weighted by Crippen LogP contribution is 2.31. The largest absolute Gasteiger partial charge is 0.483 e. The van der Waals surface area contributed by atoms with Crippen LogP contribution in [0.4, 0.5) is 4.39 Å². The molecule has 2 aromatic carbocycles. The van der Waals surface area contributed by atoms with E-state index in [9.17, 15) is 14.0 Å². The minimum Gasteiger partial charge on any atom is -0.483 e. The Balaban J connectivity index is 2.24. The number of rotatable bonds is 8. The van der Waals surface area contributed by atoms with E-state index < -0.39 is 6.04 Å². The summed E-state index contributed by atoms with van der Waals surface area (Å²) in [5.41, 5.74) is 1.60. The Kier molecular flexibility index (Phi) is 7.98. The Morgan fingerprint density at radius 1 is 1.10 bits per heavy atom. The highest BCUT2D eigenvalue weighted by Gasteiger charge is 2.29. The van der Waals surface area contributed by atoms with Crippen molar-refractivity contribution in [1.82, 2.24) is 10.2 Å². The summed E-state index contributed by atoms with van der Waals surface area (Å²) in [4.78, 5) is 27.0. The normalized spacial score (nSPS) is 12.2. The molecule has 0 fully saturated rings. The number of benzene rings is 2. The SMILES string of the molecule is CC[C@@H](C(=O)NC)N(Cc1ccc(F)cc1)C(=O)COc1ccccc1C(C)(C)C. The minimum absolute atomic E-state index is 0.137. The number of amides is 2. The third kappa shape index (κ3) is 6.05. The fraction of sp³-hybridized carbons (Fsp3) is 0.417. The van der Waals surface area contributed by atoms with Crippen LogP contribution in [0.5, 0.6) is 5.75 Å². The average Bonchev–Trinajstić information content (AvgIpc) is 2.72. The number of para-hydroxylation sites is 1. The van der Waals surface area contributed by atoms with Crippen LogP contribution in [0.1, 0.15) is 45.2 Å². The van der Waals surface area contributed by atoms with E-state index in [-0.39, 0.29) is 36.2 Å². The van der Waals surface area contributed by atoms with Gasteiger partial charge in [-0.3, -0.25) is 9.59 Å². The van der Waals surface area contributed by atoms with Crippen LogP contribution in [0.2, 0.25) is 0 Å². The van der Waals surface area contributed by atoms with Crippen LogP contribution in [0, 0.1) is 5.82 Å². The second-order valence-electron chi connectivity index (χ2n) is 8.22. The molecule has 0 aromatic heterocycles. The summed E-state index contributed by atoms with van der Waals surface area (Å²) >= 11 is 0. The number of ether oxygens (including phenoxy) is 1. The van der Waals surface area contributed by atoms with Crippen molar-refractivity contribution in [3.8, 4) is 5.75 Å². The molecule has 0 aliphatic rings. The maximum atomic E-state index is 13.3. The minimum atomic E-state index is -0.644. The second kappa shape index (κ2) is 10.2. The molecule has 0 heterocycles. The van der Waals surface area contributed by atoms with Crippen molar-refractivity contribution in [2.75, 3.05) is 13.7 Å². The van der Waals surface area contributed by atoms with Gasteiger partial charge in [0, 0.05) is 13.6 Å². The van der Waals surface area contributed by atoms with Gasteiger partial charge in [0.1, 0.15) is 17.6 Å². The zero-order valence-corrected chi connectivity index (χ0v) is 18.4. The lowest BCUT2D eigenvalue weighted by Gasteiger charge is -2.30. The van der Waals surface area contributed by atoms with Crippen molar-refractivity contribution in [1.29, 1.82) is 0 Å². The standard InChI is InChI=1S/C24H31FN2O3/c1-6-20(23(29)26-5)27(15-17-11-13-18(25)14-12-17)22(28)16-30-21-10-8-7-9-19(21)24(2,3)4/h7-14,20H,6,15-16H2,1-5H3,(H,26,29)/t20-/m0/s1. The highest BCUT2D eigenvalue weighted by molar-refractivity contribution is 5.88. The lowest BCUT2D eigenvalue weighted by molar-refractivity contribution is -0.142. The summed E-state index contributed by atoms with van der Waals surface area (Å²) in [6.45, 7) is 8.08. The van der Waals surface area contributed by atoms with Crippen LogP contribution in [-0.4, -0.2) is 36.4 Å². The highest BCUT2D eigenvalue weighted by atomic mass is 19.1.